The van der Waals surface area contributed by atoms with E-state index in [2.05, 4.69) is 48.9 Å². The van der Waals surface area contributed by atoms with Gasteiger partial charge >= 0.3 is 0 Å². The Balaban J connectivity index is 2.05. The van der Waals surface area contributed by atoms with E-state index >= 15 is 0 Å². The maximum atomic E-state index is 3.60. The second kappa shape index (κ2) is 7.10. The van der Waals surface area contributed by atoms with Crippen molar-refractivity contribution in [3.05, 3.63) is 11.6 Å². The SMILES string of the molecule is CNC(C1=CCCCCC1)C1SCCSC1C. The molecule has 0 amide bonds. The lowest BCUT2D eigenvalue weighted by molar-refractivity contribution is 0.571. The zero-order valence-corrected chi connectivity index (χ0v) is 12.7. The highest BCUT2D eigenvalue weighted by atomic mass is 32.2. The van der Waals surface area contributed by atoms with E-state index in [-0.39, 0.29) is 0 Å². The molecule has 1 aliphatic carbocycles. The second-order valence-corrected chi connectivity index (χ2v) is 7.83. The molecule has 2 aliphatic rings. The molecule has 17 heavy (non-hydrogen) atoms. The van der Waals surface area contributed by atoms with E-state index in [0.29, 0.717) is 6.04 Å². The first-order chi connectivity index (χ1) is 8.33. The predicted octanol–water partition coefficient (Wildman–Crippen LogP) is 3.70. The van der Waals surface area contributed by atoms with Crippen LogP contribution in [0.25, 0.3) is 0 Å². The number of hydrogen-bond donors (Lipinski definition) is 1. The van der Waals surface area contributed by atoms with Gasteiger partial charge < -0.3 is 5.32 Å². The first-order valence-corrected chi connectivity index (χ1v) is 9.02. The molecule has 0 aromatic carbocycles. The van der Waals surface area contributed by atoms with Crippen LogP contribution in [0.1, 0.15) is 39.0 Å². The molecule has 1 saturated heterocycles. The van der Waals surface area contributed by atoms with Crippen molar-refractivity contribution in [2.45, 2.75) is 55.6 Å². The number of likely N-dealkylation sites (N-methyl/N-ethyl adjacent to an activating group) is 1. The summed E-state index contributed by atoms with van der Waals surface area (Å²) < 4.78 is 0. The van der Waals surface area contributed by atoms with Crippen molar-refractivity contribution in [2.75, 3.05) is 18.6 Å². The third-order valence-electron chi connectivity index (χ3n) is 3.85. The Hall–Kier alpha value is 0.400. The molecule has 1 N–H and O–H groups in total. The molecule has 3 atom stereocenters. The summed E-state index contributed by atoms with van der Waals surface area (Å²) in [4.78, 5) is 0. The molecule has 1 nitrogen and oxygen atoms in total. The molecule has 0 spiro atoms. The van der Waals surface area contributed by atoms with Crippen LogP contribution in [0.2, 0.25) is 0 Å². The number of nitrogens with one attached hydrogen (secondary N) is 1. The maximum absolute atomic E-state index is 3.60. The van der Waals surface area contributed by atoms with Crippen molar-refractivity contribution in [1.82, 2.24) is 5.32 Å². The van der Waals surface area contributed by atoms with Gasteiger partial charge in [0.2, 0.25) is 0 Å². The van der Waals surface area contributed by atoms with Gasteiger partial charge in [-0.1, -0.05) is 25.0 Å². The fraction of sp³-hybridized carbons (Fsp3) is 0.857. The Morgan fingerprint density at radius 1 is 1.24 bits per heavy atom. The summed E-state index contributed by atoms with van der Waals surface area (Å²) in [6, 6.07) is 0.612. The van der Waals surface area contributed by atoms with E-state index in [4.69, 9.17) is 0 Å². The lowest BCUT2D eigenvalue weighted by atomic mass is 9.97. The molecule has 0 radical (unpaired) electrons. The zero-order chi connectivity index (χ0) is 12.1. The Morgan fingerprint density at radius 3 is 2.82 bits per heavy atom. The van der Waals surface area contributed by atoms with Crippen molar-refractivity contribution < 1.29 is 0 Å². The summed E-state index contributed by atoms with van der Waals surface area (Å²) in [5, 5.41) is 5.15. The fourth-order valence-corrected chi connectivity index (χ4v) is 5.90. The monoisotopic (exact) mass is 271 g/mol. The lowest BCUT2D eigenvalue weighted by Gasteiger charge is -2.35. The van der Waals surface area contributed by atoms with Crippen LogP contribution < -0.4 is 5.32 Å². The summed E-state index contributed by atoms with van der Waals surface area (Å²) in [6.07, 6.45) is 9.34. The van der Waals surface area contributed by atoms with Crippen LogP contribution in [0, 0.1) is 0 Å². The molecule has 3 unspecified atom stereocenters. The van der Waals surface area contributed by atoms with Gasteiger partial charge in [-0.3, -0.25) is 0 Å². The van der Waals surface area contributed by atoms with Gasteiger partial charge in [-0.25, -0.2) is 0 Å². The van der Waals surface area contributed by atoms with E-state index in [0.717, 1.165) is 10.5 Å². The minimum absolute atomic E-state index is 0.612. The molecule has 1 aliphatic heterocycles. The van der Waals surface area contributed by atoms with Gasteiger partial charge in [0.25, 0.3) is 0 Å². The van der Waals surface area contributed by atoms with Crippen LogP contribution in [0.5, 0.6) is 0 Å². The average Bonchev–Trinajstić information content (AvgIpc) is 2.62. The molecule has 3 heteroatoms. The molecule has 0 aromatic heterocycles. The van der Waals surface area contributed by atoms with Gasteiger partial charge in [0.1, 0.15) is 0 Å². The molecular formula is C14H25NS2. The highest BCUT2D eigenvalue weighted by molar-refractivity contribution is 8.07. The highest BCUT2D eigenvalue weighted by Gasteiger charge is 2.31. The van der Waals surface area contributed by atoms with Crippen LogP contribution in [0.15, 0.2) is 11.6 Å². The van der Waals surface area contributed by atoms with Crippen LogP contribution in [0.3, 0.4) is 0 Å². The molecule has 0 aromatic rings. The van der Waals surface area contributed by atoms with E-state index in [1.54, 1.807) is 5.57 Å². The third kappa shape index (κ3) is 3.68. The van der Waals surface area contributed by atoms with E-state index in [1.165, 1.54) is 43.6 Å². The number of allylic oxidation sites excluding steroid dienone is 1. The maximum Gasteiger partial charge on any atom is 0.0407 e. The number of hydrogen-bond acceptors (Lipinski definition) is 3. The number of rotatable bonds is 3. The topological polar surface area (TPSA) is 12.0 Å². The fourth-order valence-electron chi connectivity index (χ4n) is 2.90. The van der Waals surface area contributed by atoms with Crippen LogP contribution in [0.4, 0.5) is 0 Å². The summed E-state index contributed by atoms with van der Waals surface area (Å²) >= 11 is 4.33. The highest BCUT2D eigenvalue weighted by Crippen LogP contribution is 2.36. The molecule has 98 valence electrons. The Bertz CT molecular complexity index is 265. The first kappa shape index (κ1) is 13.8. The van der Waals surface area contributed by atoms with Crippen molar-refractivity contribution in [1.29, 1.82) is 0 Å². The van der Waals surface area contributed by atoms with E-state index in [9.17, 15) is 0 Å². The van der Waals surface area contributed by atoms with Crippen molar-refractivity contribution in [2.24, 2.45) is 0 Å². The van der Waals surface area contributed by atoms with Gasteiger partial charge in [0, 0.05) is 28.0 Å². The molecule has 1 fully saturated rings. The largest absolute Gasteiger partial charge is 0.312 e. The minimum atomic E-state index is 0.612. The van der Waals surface area contributed by atoms with Crippen molar-refractivity contribution in [3.8, 4) is 0 Å². The molecule has 1 heterocycles. The lowest BCUT2D eigenvalue weighted by Crippen LogP contribution is -2.44. The number of thioether (sulfide) groups is 2. The molecule has 0 saturated carbocycles. The first-order valence-electron chi connectivity index (χ1n) is 6.92. The van der Waals surface area contributed by atoms with Crippen molar-refractivity contribution >= 4 is 23.5 Å². The molecule has 2 rings (SSSR count). The summed E-state index contributed by atoms with van der Waals surface area (Å²) in [5.74, 6) is 2.66. The Kier molecular flexibility index (Phi) is 5.78. The van der Waals surface area contributed by atoms with Gasteiger partial charge in [0.05, 0.1) is 0 Å². The second-order valence-electron chi connectivity index (χ2n) is 5.06. The quantitative estimate of drug-likeness (QED) is 0.786. The zero-order valence-electron chi connectivity index (χ0n) is 11.1. The third-order valence-corrected chi connectivity index (χ3v) is 7.05. The predicted molar refractivity (Wildman–Crippen MR) is 82.2 cm³/mol. The Labute approximate surface area is 115 Å². The molecule has 0 bridgehead atoms. The van der Waals surface area contributed by atoms with Gasteiger partial charge in [-0.15, -0.1) is 0 Å². The van der Waals surface area contributed by atoms with Gasteiger partial charge in [-0.2, -0.15) is 23.5 Å². The minimum Gasteiger partial charge on any atom is -0.312 e. The summed E-state index contributed by atoms with van der Waals surface area (Å²) in [7, 11) is 2.14. The normalized spacial score (nSPS) is 32.7. The van der Waals surface area contributed by atoms with Gasteiger partial charge in [-0.05, 0) is 32.7 Å². The van der Waals surface area contributed by atoms with E-state index in [1.807, 2.05) is 0 Å². The van der Waals surface area contributed by atoms with E-state index < -0.39 is 0 Å². The smallest absolute Gasteiger partial charge is 0.0407 e. The summed E-state index contributed by atoms with van der Waals surface area (Å²) in [5.41, 5.74) is 1.69. The van der Waals surface area contributed by atoms with Crippen LogP contribution in [-0.4, -0.2) is 35.1 Å². The van der Waals surface area contributed by atoms with Crippen molar-refractivity contribution in [3.63, 3.8) is 0 Å². The molecular weight excluding hydrogens is 246 g/mol. The van der Waals surface area contributed by atoms with Gasteiger partial charge in [0.15, 0.2) is 0 Å². The average molecular weight is 271 g/mol. The summed E-state index contributed by atoms with van der Waals surface area (Å²) in [6.45, 7) is 2.41. The van der Waals surface area contributed by atoms with Crippen LogP contribution >= 0.6 is 23.5 Å². The Morgan fingerprint density at radius 2 is 2.06 bits per heavy atom. The standard InChI is InChI=1S/C14H25NS2/c1-11-14(17-10-9-16-11)13(15-2)12-7-5-3-4-6-8-12/h7,11,13-15H,3-6,8-10H2,1-2H3. The van der Waals surface area contributed by atoms with Crippen LogP contribution in [-0.2, 0) is 0 Å².